The van der Waals surface area contributed by atoms with Crippen LogP contribution in [0.25, 0.3) is 17.2 Å². The topological polar surface area (TPSA) is 67.6 Å². The van der Waals surface area contributed by atoms with Crippen molar-refractivity contribution in [2.75, 3.05) is 36.5 Å². The number of hydrogen-bond donors (Lipinski definition) is 1. The molecule has 0 aliphatic carbocycles. The number of benzene rings is 2. The summed E-state index contributed by atoms with van der Waals surface area (Å²) in [6, 6.07) is 12.9. The summed E-state index contributed by atoms with van der Waals surface area (Å²) in [6.07, 6.45) is 2.95. The van der Waals surface area contributed by atoms with Gasteiger partial charge in [-0.05, 0) is 24.3 Å². The summed E-state index contributed by atoms with van der Waals surface area (Å²) < 4.78 is 11.0. The maximum Gasteiger partial charge on any atom is 0.248 e. The van der Waals surface area contributed by atoms with Gasteiger partial charge in [0.15, 0.2) is 5.58 Å². The van der Waals surface area contributed by atoms with E-state index in [9.17, 15) is 4.79 Å². The molecule has 1 N–H and O–H groups in total. The molecule has 27 heavy (non-hydrogen) atoms. The van der Waals surface area contributed by atoms with Gasteiger partial charge in [0, 0.05) is 25.2 Å². The number of ether oxygens (including phenoxy) is 1. The lowest BCUT2D eigenvalue weighted by Gasteiger charge is -2.31. The van der Waals surface area contributed by atoms with E-state index in [1.54, 1.807) is 6.08 Å². The van der Waals surface area contributed by atoms with Gasteiger partial charge in [-0.3, -0.25) is 4.79 Å². The highest BCUT2D eigenvalue weighted by atomic mass is 35.5. The molecule has 1 aromatic heterocycles. The van der Waals surface area contributed by atoms with E-state index in [0.717, 1.165) is 24.3 Å². The molecule has 2 aromatic carbocycles. The number of morpholine rings is 1. The van der Waals surface area contributed by atoms with E-state index in [2.05, 4.69) is 15.2 Å². The Morgan fingerprint density at radius 1 is 1.15 bits per heavy atom. The minimum Gasteiger partial charge on any atom is -0.437 e. The van der Waals surface area contributed by atoms with Crippen LogP contribution in [0.1, 0.15) is 5.89 Å². The van der Waals surface area contributed by atoms with Crippen LogP contribution in [0.15, 0.2) is 53.0 Å². The van der Waals surface area contributed by atoms with Crippen molar-refractivity contribution in [1.29, 1.82) is 0 Å². The van der Waals surface area contributed by atoms with Crippen molar-refractivity contribution in [2.24, 2.45) is 0 Å². The molecule has 0 unspecified atom stereocenters. The number of nitrogens with one attached hydrogen (secondary N) is 1. The van der Waals surface area contributed by atoms with Gasteiger partial charge in [-0.15, -0.1) is 0 Å². The van der Waals surface area contributed by atoms with Crippen LogP contribution < -0.4 is 10.2 Å². The molecule has 6 nitrogen and oxygen atoms in total. The third-order valence-corrected chi connectivity index (χ3v) is 4.56. The summed E-state index contributed by atoms with van der Waals surface area (Å²) in [6.45, 7) is 2.73. The van der Waals surface area contributed by atoms with Crippen molar-refractivity contribution in [3.8, 4) is 0 Å². The molecule has 0 atom stereocenters. The zero-order valence-electron chi connectivity index (χ0n) is 14.5. The molecule has 0 bridgehead atoms. The number of oxazole rings is 1. The maximum atomic E-state index is 12.4. The number of carbonyl (C=O) groups excluding carboxylic acids is 1. The molecule has 0 radical (unpaired) electrons. The summed E-state index contributed by atoms with van der Waals surface area (Å²) in [7, 11) is 0. The fourth-order valence-electron chi connectivity index (χ4n) is 3.01. The van der Waals surface area contributed by atoms with E-state index in [-0.39, 0.29) is 5.91 Å². The number of nitrogens with zero attached hydrogens (tertiary/aromatic N) is 2. The highest BCUT2D eigenvalue weighted by molar-refractivity contribution is 6.34. The van der Waals surface area contributed by atoms with Crippen LogP contribution in [0.4, 0.5) is 11.4 Å². The molecule has 2 heterocycles. The van der Waals surface area contributed by atoms with E-state index in [0.29, 0.717) is 35.4 Å². The molecule has 0 saturated carbocycles. The van der Waals surface area contributed by atoms with Gasteiger partial charge in [0.25, 0.3) is 0 Å². The molecule has 4 rings (SSSR count). The van der Waals surface area contributed by atoms with Gasteiger partial charge in [0.05, 0.1) is 29.6 Å². The van der Waals surface area contributed by atoms with Crippen LogP contribution >= 0.6 is 11.6 Å². The summed E-state index contributed by atoms with van der Waals surface area (Å²) in [5, 5.41) is 3.49. The second-order valence-corrected chi connectivity index (χ2v) is 6.49. The normalized spacial score (nSPS) is 14.8. The van der Waals surface area contributed by atoms with E-state index in [1.165, 1.54) is 6.08 Å². The highest BCUT2D eigenvalue weighted by Gasteiger charge is 2.18. The maximum absolute atomic E-state index is 12.4. The van der Waals surface area contributed by atoms with Crippen molar-refractivity contribution in [2.45, 2.75) is 0 Å². The molecule has 7 heteroatoms. The standard InChI is InChI=1S/C20H18ClN3O3/c21-14-4-3-6-16(20(14)24-10-12-26-13-11-24)22-18(25)8-9-19-23-15-5-1-2-7-17(15)27-19/h1-9H,10-13H2,(H,22,25)/b9-8-. The number of rotatable bonds is 4. The van der Waals surface area contributed by atoms with Gasteiger partial charge in [-0.2, -0.15) is 0 Å². The summed E-state index contributed by atoms with van der Waals surface area (Å²) >= 11 is 6.39. The monoisotopic (exact) mass is 383 g/mol. The smallest absolute Gasteiger partial charge is 0.248 e. The van der Waals surface area contributed by atoms with Crippen molar-refractivity contribution < 1.29 is 13.9 Å². The van der Waals surface area contributed by atoms with Crippen molar-refractivity contribution in [1.82, 2.24) is 4.98 Å². The van der Waals surface area contributed by atoms with Crippen molar-refractivity contribution in [3.05, 3.63) is 59.5 Å². The third-order valence-electron chi connectivity index (χ3n) is 4.26. The second-order valence-electron chi connectivity index (χ2n) is 6.08. The Kier molecular flexibility index (Phi) is 5.09. The number of para-hydroxylation sites is 3. The largest absolute Gasteiger partial charge is 0.437 e. The highest BCUT2D eigenvalue weighted by Crippen LogP contribution is 2.34. The molecule has 1 fully saturated rings. The molecular formula is C20H18ClN3O3. The van der Waals surface area contributed by atoms with Gasteiger partial charge in [-0.1, -0.05) is 29.8 Å². The molecule has 0 spiro atoms. The predicted molar refractivity (Wildman–Crippen MR) is 106 cm³/mol. The Morgan fingerprint density at radius 2 is 1.96 bits per heavy atom. The lowest BCUT2D eigenvalue weighted by molar-refractivity contribution is -0.111. The van der Waals surface area contributed by atoms with Crippen LogP contribution in [0.3, 0.4) is 0 Å². The van der Waals surface area contributed by atoms with Gasteiger partial charge >= 0.3 is 0 Å². The Labute approximate surface area is 161 Å². The molecule has 138 valence electrons. The Balaban J connectivity index is 1.51. The first kappa shape index (κ1) is 17.6. The molecule has 1 amide bonds. The molecular weight excluding hydrogens is 366 g/mol. The van der Waals surface area contributed by atoms with Crippen LogP contribution in [0, 0.1) is 0 Å². The molecule has 3 aromatic rings. The van der Waals surface area contributed by atoms with E-state index < -0.39 is 0 Å². The summed E-state index contributed by atoms with van der Waals surface area (Å²) in [4.78, 5) is 18.8. The summed E-state index contributed by atoms with van der Waals surface area (Å²) in [5.41, 5.74) is 2.91. The number of anilines is 2. The van der Waals surface area contributed by atoms with Crippen LogP contribution in [-0.4, -0.2) is 37.2 Å². The second kappa shape index (κ2) is 7.82. The van der Waals surface area contributed by atoms with Gasteiger partial charge < -0.3 is 19.4 Å². The minimum absolute atomic E-state index is 0.283. The Bertz CT molecular complexity index is 960. The van der Waals surface area contributed by atoms with Gasteiger partial charge in [0.1, 0.15) is 5.52 Å². The first-order valence-electron chi connectivity index (χ1n) is 8.66. The number of amides is 1. The number of hydrogen-bond acceptors (Lipinski definition) is 5. The van der Waals surface area contributed by atoms with Crippen LogP contribution in [0.2, 0.25) is 5.02 Å². The first-order valence-corrected chi connectivity index (χ1v) is 9.04. The van der Waals surface area contributed by atoms with E-state index in [1.807, 2.05) is 42.5 Å². The fourth-order valence-corrected chi connectivity index (χ4v) is 3.30. The number of fused-ring (bicyclic) bond motifs is 1. The third kappa shape index (κ3) is 3.97. The number of carbonyl (C=O) groups is 1. The number of aromatic nitrogens is 1. The average molecular weight is 384 g/mol. The first-order chi connectivity index (χ1) is 13.2. The fraction of sp³-hybridized carbons (Fsp3) is 0.200. The Hall–Kier alpha value is -2.83. The minimum atomic E-state index is -0.283. The van der Waals surface area contributed by atoms with Crippen LogP contribution in [-0.2, 0) is 9.53 Å². The van der Waals surface area contributed by atoms with E-state index >= 15 is 0 Å². The average Bonchev–Trinajstić information content (AvgIpc) is 3.10. The number of halogens is 1. The predicted octanol–water partition coefficient (Wildman–Crippen LogP) is 3.97. The lowest BCUT2D eigenvalue weighted by Crippen LogP contribution is -2.37. The van der Waals surface area contributed by atoms with Crippen LogP contribution in [0.5, 0.6) is 0 Å². The zero-order valence-corrected chi connectivity index (χ0v) is 15.3. The quantitative estimate of drug-likeness (QED) is 0.690. The summed E-state index contributed by atoms with van der Waals surface area (Å²) in [5.74, 6) is 0.0971. The lowest BCUT2D eigenvalue weighted by atomic mass is 10.2. The molecule has 1 saturated heterocycles. The zero-order chi connectivity index (χ0) is 18.6. The van der Waals surface area contributed by atoms with Crippen molar-refractivity contribution in [3.63, 3.8) is 0 Å². The van der Waals surface area contributed by atoms with E-state index in [4.69, 9.17) is 20.8 Å². The van der Waals surface area contributed by atoms with Crippen molar-refractivity contribution >= 4 is 46.1 Å². The molecule has 1 aliphatic rings. The van der Waals surface area contributed by atoms with Gasteiger partial charge in [0.2, 0.25) is 11.8 Å². The molecule has 1 aliphatic heterocycles. The Morgan fingerprint density at radius 3 is 2.78 bits per heavy atom. The SMILES string of the molecule is O=C(/C=C\c1nc2ccccc2o1)Nc1cccc(Cl)c1N1CCOCC1. The van der Waals surface area contributed by atoms with Gasteiger partial charge in [-0.25, -0.2) is 4.98 Å².